The first kappa shape index (κ1) is 18.5. The predicted molar refractivity (Wildman–Crippen MR) is 116 cm³/mol. The lowest BCUT2D eigenvalue weighted by molar-refractivity contribution is 0.174. The van der Waals surface area contributed by atoms with E-state index in [0.717, 1.165) is 55.7 Å². The summed E-state index contributed by atoms with van der Waals surface area (Å²) in [7, 11) is 0. The second-order valence-electron chi connectivity index (χ2n) is 7.41. The third kappa shape index (κ3) is 4.08. The summed E-state index contributed by atoms with van der Waals surface area (Å²) in [5, 5.41) is 3.30. The van der Waals surface area contributed by atoms with Gasteiger partial charge < -0.3 is 25.4 Å². The van der Waals surface area contributed by atoms with Gasteiger partial charge in [-0.05, 0) is 29.8 Å². The van der Waals surface area contributed by atoms with E-state index in [4.69, 9.17) is 15.2 Å². The second-order valence-corrected chi connectivity index (χ2v) is 7.41. The average molecular weight is 404 g/mol. The van der Waals surface area contributed by atoms with Gasteiger partial charge in [0.2, 0.25) is 12.7 Å². The predicted octanol–water partition coefficient (Wildman–Crippen LogP) is 2.85. The number of ether oxygens (including phenoxy) is 2. The van der Waals surface area contributed by atoms with Gasteiger partial charge in [-0.25, -0.2) is 0 Å². The van der Waals surface area contributed by atoms with Crippen LogP contribution in [0.5, 0.6) is 11.5 Å². The summed E-state index contributed by atoms with van der Waals surface area (Å²) in [6, 6.07) is 18.0. The maximum Gasteiger partial charge on any atom is 0.231 e. The maximum atomic E-state index is 5.97. The van der Waals surface area contributed by atoms with E-state index in [9.17, 15) is 0 Å². The van der Waals surface area contributed by atoms with E-state index < -0.39 is 0 Å². The SMILES string of the molecule is Nc1nc(Nc2ccccc2)cc(N2CCN(Cc3ccc4c(c3)OCO4)CC2)n1. The molecule has 2 aliphatic heterocycles. The minimum absolute atomic E-state index is 0.272. The van der Waals surface area contributed by atoms with Crippen LogP contribution in [0, 0.1) is 0 Å². The zero-order valence-electron chi connectivity index (χ0n) is 16.6. The van der Waals surface area contributed by atoms with Crippen molar-refractivity contribution in [2.45, 2.75) is 6.54 Å². The monoisotopic (exact) mass is 404 g/mol. The van der Waals surface area contributed by atoms with Gasteiger partial charge in [-0.15, -0.1) is 0 Å². The van der Waals surface area contributed by atoms with Gasteiger partial charge in [0.05, 0.1) is 0 Å². The van der Waals surface area contributed by atoms with Gasteiger partial charge in [0.25, 0.3) is 0 Å². The van der Waals surface area contributed by atoms with Crippen molar-refractivity contribution >= 4 is 23.3 Å². The summed E-state index contributed by atoms with van der Waals surface area (Å²) in [6.07, 6.45) is 0. The first-order valence-corrected chi connectivity index (χ1v) is 10.1. The summed E-state index contributed by atoms with van der Waals surface area (Å²) in [5.74, 6) is 3.48. The lowest BCUT2D eigenvalue weighted by atomic mass is 10.1. The molecule has 0 saturated carbocycles. The minimum atomic E-state index is 0.272. The maximum absolute atomic E-state index is 5.97. The van der Waals surface area contributed by atoms with Gasteiger partial charge in [0.15, 0.2) is 11.5 Å². The number of aromatic nitrogens is 2. The van der Waals surface area contributed by atoms with E-state index in [1.165, 1.54) is 5.56 Å². The molecule has 2 aromatic carbocycles. The largest absolute Gasteiger partial charge is 0.454 e. The summed E-state index contributed by atoms with van der Waals surface area (Å²) < 4.78 is 10.9. The number of benzene rings is 2. The molecule has 1 saturated heterocycles. The van der Waals surface area contributed by atoms with E-state index in [1.54, 1.807) is 0 Å². The number of para-hydroxylation sites is 1. The number of nitrogens with two attached hydrogens (primary N) is 1. The molecule has 1 aromatic heterocycles. The lowest BCUT2D eigenvalue weighted by Crippen LogP contribution is -2.46. The van der Waals surface area contributed by atoms with Crippen molar-refractivity contribution in [3.8, 4) is 11.5 Å². The third-order valence-electron chi connectivity index (χ3n) is 5.32. The number of rotatable bonds is 5. The molecule has 3 heterocycles. The Hall–Kier alpha value is -3.52. The minimum Gasteiger partial charge on any atom is -0.454 e. The standard InChI is InChI=1S/C22H24N6O2/c23-22-25-20(24-17-4-2-1-3-5-17)13-21(26-22)28-10-8-27(9-11-28)14-16-6-7-18-19(12-16)30-15-29-18/h1-7,12-13H,8-11,14-15H2,(H3,23,24,25,26). The van der Waals surface area contributed by atoms with Gasteiger partial charge in [-0.2, -0.15) is 9.97 Å². The number of hydrogen-bond acceptors (Lipinski definition) is 8. The zero-order chi connectivity index (χ0) is 20.3. The molecule has 3 N–H and O–H groups in total. The van der Waals surface area contributed by atoms with Crippen molar-refractivity contribution in [2.75, 3.05) is 48.9 Å². The molecular weight excluding hydrogens is 380 g/mol. The molecule has 154 valence electrons. The Morgan fingerprint density at radius 1 is 0.900 bits per heavy atom. The molecule has 2 aliphatic rings. The molecule has 0 unspecified atom stereocenters. The Balaban J connectivity index is 1.22. The van der Waals surface area contributed by atoms with Crippen LogP contribution < -0.4 is 25.4 Å². The van der Waals surface area contributed by atoms with Crippen molar-refractivity contribution in [3.63, 3.8) is 0 Å². The van der Waals surface area contributed by atoms with E-state index >= 15 is 0 Å². The summed E-state index contributed by atoms with van der Waals surface area (Å²) in [6.45, 7) is 4.84. The van der Waals surface area contributed by atoms with Crippen molar-refractivity contribution in [3.05, 3.63) is 60.2 Å². The highest BCUT2D eigenvalue weighted by Gasteiger charge is 2.20. The molecular formula is C22H24N6O2. The summed E-state index contributed by atoms with van der Waals surface area (Å²) >= 11 is 0. The zero-order valence-corrected chi connectivity index (χ0v) is 16.6. The topological polar surface area (TPSA) is 88.8 Å². The number of nitrogens with one attached hydrogen (secondary N) is 1. The van der Waals surface area contributed by atoms with Gasteiger partial charge >= 0.3 is 0 Å². The van der Waals surface area contributed by atoms with Crippen LogP contribution in [0.25, 0.3) is 0 Å². The molecule has 0 spiro atoms. The van der Waals surface area contributed by atoms with Gasteiger partial charge in [0, 0.05) is 44.5 Å². The molecule has 1 fully saturated rings. The van der Waals surface area contributed by atoms with Crippen molar-refractivity contribution < 1.29 is 9.47 Å². The first-order valence-electron chi connectivity index (χ1n) is 10.1. The number of fused-ring (bicyclic) bond motifs is 1. The van der Waals surface area contributed by atoms with E-state index in [0.29, 0.717) is 12.6 Å². The number of anilines is 4. The number of hydrogen-bond donors (Lipinski definition) is 2. The fraction of sp³-hybridized carbons (Fsp3) is 0.273. The third-order valence-corrected chi connectivity index (χ3v) is 5.32. The first-order chi connectivity index (χ1) is 14.7. The molecule has 0 radical (unpaired) electrons. The van der Waals surface area contributed by atoms with Crippen LogP contribution in [0.2, 0.25) is 0 Å². The Labute approximate surface area is 175 Å². The smallest absolute Gasteiger partial charge is 0.231 e. The van der Waals surface area contributed by atoms with E-state index in [2.05, 4.69) is 37.2 Å². The van der Waals surface area contributed by atoms with Gasteiger partial charge in [0.1, 0.15) is 11.6 Å². The Morgan fingerprint density at radius 3 is 2.53 bits per heavy atom. The highest BCUT2D eigenvalue weighted by Crippen LogP contribution is 2.33. The number of piperazine rings is 1. The van der Waals surface area contributed by atoms with Gasteiger partial charge in [-0.3, -0.25) is 4.90 Å². The van der Waals surface area contributed by atoms with Crippen LogP contribution in [0.3, 0.4) is 0 Å². The number of nitrogens with zero attached hydrogens (tertiary/aromatic N) is 4. The second kappa shape index (κ2) is 8.08. The quantitative estimate of drug-likeness (QED) is 0.671. The van der Waals surface area contributed by atoms with Crippen molar-refractivity contribution in [2.24, 2.45) is 0 Å². The molecule has 0 amide bonds. The highest BCUT2D eigenvalue weighted by molar-refractivity contribution is 5.61. The number of nitrogen functional groups attached to an aromatic ring is 1. The lowest BCUT2D eigenvalue weighted by Gasteiger charge is -2.35. The molecule has 0 atom stereocenters. The molecule has 0 bridgehead atoms. The molecule has 30 heavy (non-hydrogen) atoms. The molecule has 3 aromatic rings. The molecule has 8 heteroatoms. The normalized spacial score (nSPS) is 15.9. The molecule has 5 rings (SSSR count). The Morgan fingerprint density at radius 2 is 1.70 bits per heavy atom. The van der Waals surface area contributed by atoms with Crippen LogP contribution in [0.1, 0.15) is 5.56 Å². The van der Waals surface area contributed by atoms with Gasteiger partial charge in [-0.1, -0.05) is 24.3 Å². The summed E-state index contributed by atoms with van der Waals surface area (Å²) in [4.78, 5) is 13.5. The Kier molecular flexibility index (Phi) is 4.98. The van der Waals surface area contributed by atoms with Crippen LogP contribution >= 0.6 is 0 Å². The average Bonchev–Trinajstić information content (AvgIpc) is 3.22. The van der Waals surface area contributed by atoms with Crippen LogP contribution in [0.4, 0.5) is 23.3 Å². The fourth-order valence-corrected chi connectivity index (χ4v) is 3.78. The molecule has 0 aliphatic carbocycles. The van der Waals surface area contributed by atoms with Crippen molar-refractivity contribution in [1.29, 1.82) is 0 Å². The fourth-order valence-electron chi connectivity index (χ4n) is 3.78. The Bertz CT molecular complexity index is 1020. The molecule has 8 nitrogen and oxygen atoms in total. The van der Waals surface area contributed by atoms with Crippen LogP contribution in [0.15, 0.2) is 54.6 Å². The highest BCUT2D eigenvalue weighted by atomic mass is 16.7. The van der Waals surface area contributed by atoms with E-state index in [1.807, 2.05) is 42.5 Å². The van der Waals surface area contributed by atoms with Crippen LogP contribution in [-0.4, -0.2) is 47.8 Å². The van der Waals surface area contributed by atoms with Crippen molar-refractivity contribution in [1.82, 2.24) is 14.9 Å². The summed E-state index contributed by atoms with van der Waals surface area (Å²) in [5.41, 5.74) is 8.17. The van der Waals surface area contributed by atoms with E-state index in [-0.39, 0.29) is 5.95 Å². The van der Waals surface area contributed by atoms with Crippen LogP contribution in [-0.2, 0) is 6.54 Å².